The minimum atomic E-state index is -0.696. The van der Waals surface area contributed by atoms with Crippen LogP contribution in [0.5, 0.6) is 0 Å². The summed E-state index contributed by atoms with van der Waals surface area (Å²) < 4.78 is 0. The molecule has 122 valence electrons. The third kappa shape index (κ3) is 1.89. The van der Waals surface area contributed by atoms with Crippen LogP contribution >= 0.6 is 0 Å². The van der Waals surface area contributed by atoms with Crippen LogP contribution in [0.2, 0.25) is 0 Å². The molecule has 2 saturated heterocycles. The zero-order valence-electron chi connectivity index (χ0n) is 12.5. The topological polar surface area (TPSA) is 104 Å². The molecule has 4 rings (SSSR count). The number of imide groups is 1. The summed E-state index contributed by atoms with van der Waals surface area (Å²) in [6, 6.07) is 8.17. The SMILES string of the molecule is O=C1[C@H]2C[C@@H](O)CN2C(=O)N1c1ccc([N+](=O)[O-])c2ccccc12. The highest BCUT2D eigenvalue weighted by atomic mass is 16.6. The Kier molecular flexibility index (Phi) is 3.04. The number of rotatable bonds is 2. The van der Waals surface area contributed by atoms with E-state index in [0.29, 0.717) is 16.5 Å². The lowest BCUT2D eigenvalue weighted by Crippen LogP contribution is -2.35. The fourth-order valence-corrected chi connectivity index (χ4v) is 3.47. The first-order valence-corrected chi connectivity index (χ1v) is 7.48. The van der Waals surface area contributed by atoms with Gasteiger partial charge in [0.2, 0.25) is 0 Å². The second kappa shape index (κ2) is 5.00. The predicted molar refractivity (Wildman–Crippen MR) is 84.6 cm³/mol. The van der Waals surface area contributed by atoms with Gasteiger partial charge in [-0.2, -0.15) is 0 Å². The molecule has 1 N–H and O–H groups in total. The van der Waals surface area contributed by atoms with Crippen molar-refractivity contribution < 1.29 is 19.6 Å². The van der Waals surface area contributed by atoms with Crippen LogP contribution in [-0.4, -0.2) is 45.6 Å². The van der Waals surface area contributed by atoms with Crippen molar-refractivity contribution in [3.8, 4) is 0 Å². The molecule has 0 aromatic heterocycles. The third-order valence-electron chi connectivity index (χ3n) is 4.54. The summed E-state index contributed by atoms with van der Waals surface area (Å²) in [6.07, 6.45) is -0.481. The fourth-order valence-electron chi connectivity index (χ4n) is 3.47. The van der Waals surface area contributed by atoms with Crippen LogP contribution in [0.1, 0.15) is 6.42 Å². The Morgan fingerprint density at radius 2 is 1.83 bits per heavy atom. The molecule has 8 nitrogen and oxygen atoms in total. The van der Waals surface area contributed by atoms with E-state index in [1.165, 1.54) is 17.0 Å². The quantitative estimate of drug-likeness (QED) is 0.513. The summed E-state index contributed by atoms with van der Waals surface area (Å²) in [5.74, 6) is -0.407. The van der Waals surface area contributed by atoms with E-state index in [4.69, 9.17) is 0 Å². The zero-order valence-corrected chi connectivity index (χ0v) is 12.5. The molecule has 0 unspecified atom stereocenters. The maximum Gasteiger partial charge on any atom is 0.332 e. The lowest BCUT2D eigenvalue weighted by molar-refractivity contribution is -0.383. The Morgan fingerprint density at radius 3 is 2.50 bits per heavy atom. The van der Waals surface area contributed by atoms with Crippen molar-refractivity contribution in [2.24, 2.45) is 0 Å². The number of carbonyl (C=O) groups excluding carboxylic acids is 2. The molecule has 2 atom stereocenters. The lowest BCUT2D eigenvalue weighted by atomic mass is 10.1. The van der Waals surface area contributed by atoms with Gasteiger partial charge in [-0.3, -0.25) is 14.9 Å². The first kappa shape index (κ1) is 14.6. The first-order chi connectivity index (χ1) is 11.5. The number of amides is 3. The third-order valence-corrected chi connectivity index (χ3v) is 4.54. The second-order valence-corrected chi connectivity index (χ2v) is 5.92. The molecule has 3 amide bonds. The monoisotopic (exact) mass is 327 g/mol. The van der Waals surface area contributed by atoms with Crippen molar-refractivity contribution in [2.75, 3.05) is 11.4 Å². The van der Waals surface area contributed by atoms with Gasteiger partial charge in [-0.05, 0) is 12.1 Å². The molecule has 2 aromatic rings. The van der Waals surface area contributed by atoms with Gasteiger partial charge in [-0.15, -0.1) is 0 Å². The number of fused-ring (bicyclic) bond motifs is 2. The maximum absolute atomic E-state index is 12.6. The molecule has 2 aliphatic heterocycles. The molecule has 0 saturated carbocycles. The molecule has 24 heavy (non-hydrogen) atoms. The van der Waals surface area contributed by atoms with Crippen molar-refractivity contribution in [2.45, 2.75) is 18.6 Å². The molecule has 8 heteroatoms. The number of anilines is 1. The van der Waals surface area contributed by atoms with E-state index in [0.717, 1.165) is 4.90 Å². The number of nitrogens with zero attached hydrogens (tertiary/aromatic N) is 3. The number of non-ortho nitro benzene ring substituents is 1. The Bertz CT molecular complexity index is 872. The van der Waals surface area contributed by atoms with Crippen LogP contribution in [0.3, 0.4) is 0 Å². The molecule has 0 aliphatic carbocycles. The lowest BCUT2D eigenvalue weighted by Gasteiger charge is -2.18. The van der Waals surface area contributed by atoms with Gasteiger partial charge in [0.1, 0.15) is 6.04 Å². The molecular formula is C16H13N3O5. The van der Waals surface area contributed by atoms with Crippen molar-refractivity contribution >= 4 is 34.1 Å². The molecule has 0 radical (unpaired) electrons. The van der Waals surface area contributed by atoms with Crippen molar-refractivity contribution in [3.63, 3.8) is 0 Å². The van der Waals surface area contributed by atoms with Crippen molar-refractivity contribution in [1.29, 1.82) is 0 Å². The fraction of sp³-hybridized carbons (Fsp3) is 0.250. The van der Waals surface area contributed by atoms with Gasteiger partial charge in [-0.1, -0.05) is 18.2 Å². The van der Waals surface area contributed by atoms with Gasteiger partial charge < -0.3 is 10.0 Å². The standard InChI is InChI=1S/C16H13N3O5/c20-9-7-14-15(21)18(16(22)17(14)8-9)12-5-6-13(19(23)24)11-4-2-1-3-10(11)12/h1-6,9,14,20H,7-8H2/t9-,14-/m1/s1. The van der Waals surface area contributed by atoms with E-state index in [2.05, 4.69) is 0 Å². The Hall–Kier alpha value is -3.00. The minimum absolute atomic E-state index is 0.0793. The van der Waals surface area contributed by atoms with Crippen LogP contribution < -0.4 is 4.90 Å². The van der Waals surface area contributed by atoms with Crippen LogP contribution in [-0.2, 0) is 4.79 Å². The van der Waals surface area contributed by atoms with Gasteiger partial charge in [0.05, 0.1) is 22.1 Å². The predicted octanol–water partition coefficient (Wildman–Crippen LogP) is 1.65. The normalized spacial score (nSPS) is 23.2. The van der Waals surface area contributed by atoms with E-state index in [-0.39, 0.29) is 18.7 Å². The van der Waals surface area contributed by atoms with Gasteiger partial charge in [0, 0.05) is 24.4 Å². The molecule has 2 aromatic carbocycles. The number of urea groups is 1. The summed E-state index contributed by atoms with van der Waals surface area (Å²) in [5.41, 5.74) is 0.249. The highest BCUT2D eigenvalue weighted by Crippen LogP contribution is 2.38. The number of nitro benzene ring substituents is 1. The summed E-state index contributed by atoms with van der Waals surface area (Å²) in [4.78, 5) is 38.3. The van der Waals surface area contributed by atoms with Crippen molar-refractivity contribution in [1.82, 2.24) is 4.90 Å². The van der Waals surface area contributed by atoms with Crippen LogP contribution in [0.25, 0.3) is 10.8 Å². The van der Waals surface area contributed by atoms with Crippen LogP contribution in [0.4, 0.5) is 16.2 Å². The van der Waals surface area contributed by atoms with Gasteiger partial charge in [-0.25, -0.2) is 9.69 Å². The molecule has 0 spiro atoms. The van der Waals surface area contributed by atoms with E-state index < -0.39 is 29.0 Å². The molecule has 2 heterocycles. The smallest absolute Gasteiger partial charge is 0.332 e. The van der Waals surface area contributed by atoms with E-state index in [1.54, 1.807) is 24.3 Å². The summed E-state index contributed by atoms with van der Waals surface area (Å²) in [5, 5.41) is 21.7. The van der Waals surface area contributed by atoms with E-state index >= 15 is 0 Å². The first-order valence-electron chi connectivity index (χ1n) is 7.48. The molecule has 2 aliphatic rings. The van der Waals surface area contributed by atoms with Crippen LogP contribution in [0, 0.1) is 10.1 Å². The number of carbonyl (C=O) groups is 2. The molecular weight excluding hydrogens is 314 g/mol. The zero-order chi connectivity index (χ0) is 17.0. The average molecular weight is 327 g/mol. The van der Waals surface area contributed by atoms with Gasteiger partial charge >= 0.3 is 6.03 Å². The van der Waals surface area contributed by atoms with E-state index in [9.17, 15) is 24.8 Å². The van der Waals surface area contributed by atoms with Crippen LogP contribution in [0.15, 0.2) is 36.4 Å². The Balaban J connectivity index is 1.87. The summed E-state index contributed by atoms with van der Waals surface area (Å²) >= 11 is 0. The number of nitro groups is 1. The van der Waals surface area contributed by atoms with Gasteiger partial charge in [0.15, 0.2) is 0 Å². The Morgan fingerprint density at radius 1 is 1.12 bits per heavy atom. The average Bonchev–Trinajstić information content (AvgIpc) is 3.05. The minimum Gasteiger partial charge on any atom is -0.391 e. The van der Waals surface area contributed by atoms with Gasteiger partial charge in [0.25, 0.3) is 11.6 Å². The molecule has 2 fully saturated rings. The highest BCUT2D eigenvalue weighted by molar-refractivity contribution is 6.25. The highest BCUT2D eigenvalue weighted by Gasteiger charge is 2.51. The molecule has 0 bridgehead atoms. The second-order valence-electron chi connectivity index (χ2n) is 5.92. The Labute approximate surface area is 136 Å². The number of hydrogen-bond donors (Lipinski definition) is 1. The number of hydrogen-bond acceptors (Lipinski definition) is 5. The largest absolute Gasteiger partial charge is 0.391 e. The van der Waals surface area contributed by atoms with E-state index in [1.807, 2.05) is 0 Å². The summed E-state index contributed by atoms with van der Waals surface area (Å²) in [7, 11) is 0. The number of benzene rings is 2. The number of aliphatic hydroxyl groups excluding tert-OH is 1. The van der Waals surface area contributed by atoms with Crippen molar-refractivity contribution in [3.05, 3.63) is 46.5 Å². The maximum atomic E-state index is 12.6. The summed E-state index contributed by atoms with van der Waals surface area (Å²) in [6.45, 7) is 0.122. The number of aliphatic hydroxyl groups is 1.